The number of hydrogen-bond donors (Lipinski definition) is 3. The van der Waals surface area contributed by atoms with Crippen LogP contribution in [0.3, 0.4) is 0 Å². The molecule has 0 bridgehead atoms. The predicted molar refractivity (Wildman–Crippen MR) is 120 cm³/mol. The third kappa shape index (κ3) is 2.65. The molecule has 2 aromatic carbocycles. The summed E-state index contributed by atoms with van der Waals surface area (Å²) in [6.45, 7) is 3.48. The molecule has 0 aliphatic carbocycles. The zero-order valence-electron chi connectivity index (χ0n) is 18.4. The molecule has 0 unspecified atom stereocenters. The van der Waals surface area contributed by atoms with E-state index in [1.54, 1.807) is 44.2 Å². The first kappa shape index (κ1) is 21.4. The van der Waals surface area contributed by atoms with Gasteiger partial charge in [-0.05, 0) is 43.2 Å². The Hall–Kier alpha value is -3.14. The SMILES string of the molecule is Cc1c(Cl)ccc2c1NC(=O)[C@]21N[C@@H]([C@@H](C)O)[C@H]2C(=O)N(Cc3ccc4c(c3)OCO4)C(=O)[C@H]21. The minimum atomic E-state index is -1.48. The van der Waals surface area contributed by atoms with Crippen molar-refractivity contribution in [3.05, 3.63) is 52.0 Å². The largest absolute Gasteiger partial charge is 0.454 e. The number of anilines is 1. The highest BCUT2D eigenvalue weighted by atomic mass is 35.5. The van der Waals surface area contributed by atoms with Gasteiger partial charge in [0.15, 0.2) is 11.5 Å². The number of aliphatic hydroxyl groups excluding tert-OH is 1. The summed E-state index contributed by atoms with van der Waals surface area (Å²) < 4.78 is 10.7. The highest BCUT2D eigenvalue weighted by Gasteiger charge is 2.71. The van der Waals surface area contributed by atoms with Gasteiger partial charge in [-0.25, -0.2) is 0 Å². The summed E-state index contributed by atoms with van der Waals surface area (Å²) >= 11 is 6.27. The molecular formula is C24H22ClN3O6. The van der Waals surface area contributed by atoms with Crippen molar-refractivity contribution in [3.63, 3.8) is 0 Å². The standard InChI is InChI=1S/C24H22ClN3O6/c1-10-14(25)5-4-13-19(10)26-23(32)24(13)18-17(20(27-24)11(2)29)21(30)28(22(18)31)8-12-3-6-15-16(7-12)34-9-33-15/h3-7,11,17-18,20,27,29H,8-9H2,1-2H3,(H,26,32)/t11-,17+,18+,20+,24+/m1/s1. The third-order valence-corrected chi connectivity index (χ3v) is 7.82. The number of aliphatic hydroxyl groups is 1. The quantitative estimate of drug-likeness (QED) is 0.568. The number of nitrogens with zero attached hydrogens (tertiary/aromatic N) is 1. The predicted octanol–water partition coefficient (Wildman–Crippen LogP) is 1.68. The Labute approximate surface area is 200 Å². The lowest BCUT2D eigenvalue weighted by molar-refractivity contribution is -0.143. The second kappa shape index (κ2) is 7.18. The first-order valence-corrected chi connectivity index (χ1v) is 11.4. The molecule has 6 rings (SSSR count). The van der Waals surface area contributed by atoms with Crippen LogP contribution in [0.4, 0.5) is 5.69 Å². The van der Waals surface area contributed by atoms with Crippen molar-refractivity contribution in [2.24, 2.45) is 11.8 Å². The van der Waals surface area contributed by atoms with E-state index in [4.69, 9.17) is 21.1 Å². The smallest absolute Gasteiger partial charge is 0.250 e. The summed E-state index contributed by atoms with van der Waals surface area (Å²) in [5, 5.41) is 17.1. The highest BCUT2D eigenvalue weighted by Crippen LogP contribution is 2.54. The number of hydrogen-bond acceptors (Lipinski definition) is 7. The molecule has 34 heavy (non-hydrogen) atoms. The van der Waals surface area contributed by atoms with E-state index in [-0.39, 0.29) is 13.3 Å². The molecule has 176 valence electrons. The minimum absolute atomic E-state index is 0.0258. The number of imide groups is 1. The Morgan fingerprint density at radius 1 is 1.18 bits per heavy atom. The topological polar surface area (TPSA) is 117 Å². The molecule has 10 heteroatoms. The van der Waals surface area contributed by atoms with E-state index in [9.17, 15) is 19.5 Å². The number of fused-ring (bicyclic) bond motifs is 5. The van der Waals surface area contributed by atoms with E-state index in [0.29, 0.717) is 38.9 Å². The molecule has 0 radical (unpaired) electrons. The molecular weight excluding hydrogens is 462 g/mol. The summed E-state index contributed by atoms with van der Waals surface area (Å²) in [5.41, 5.74) is 0.985. The Morgan fingerprint density at radius 2 is 1.94 bits per heavy atom. The Morgan fingerprint density at radius 3 is 2.71 bits per heavy atom. The molecule has 2 aromatic rings. The van der Waals surface area contributed by atoms with E-state index in [2.05, 4.69) is 10.6 Å². The molecule has 3 amide bonds. The van der Waals surface area contributed by atoms with Gasteiger partial charge in [0.05, 0.1) is 30.2 Å². The summed E-state index contributed by atoms with van der Waals surface area (Å²) in [7, 11) is 0. The summed E-state index contributed by atoms with van der Waals surface area (Å²) in [4.78, 5) is 42.0. The van der Waals surface area contributed by atoms with Gasteiger partial charge in [-0.1, -0.05) is 23.7 Å². The molecule has 2 fully saturated rings. The number of benzene rings is 2. The summed E-state index contributed by atoms with van der Waals surface area (Å²) in [6.07, 6.45) is -0.973. The average Bonchev–Trinajstić information content (AvgIpc) is 3.53. The highest BCUT2D eigenvalue weighted by molar-refractivity contribution is 6.32. The number of likely N-dealkylation sites (tertiary alicyclic amines) is 1. The molecule has 0 aromatic heterocycles. The van der Waals surface area contributed by atoms with Crippen molar-refractivity contribution in [2.75, 3.05) is 12.1 Å². The van der Waals surface area contributed by atoms with Crippen molar-refractivity contribution in [2.45, 2.75) is 38.1 Å². The molecule has 0 saturated carbocycles. The van der Waals surface area contributed by atoms with Crippen LogP contribution < -0.4 is 20.1 Å². The zero-order chi connectivity index (χ0) is 23.9. The number of rotatable bonds is 3. The monoisotopic (exact) mass is 483 g/mol. The third-order valence-electron chi connectivity index (χ3n) is 7.41. The number of carbonyl (C=O) groups is 3. The number of amides is 3. The molecule has 1 spiro atoms. The molecule has 9 nitrogen and oxygen atoms in total. The fourth-order valence-electron chi connectivity index (χ4n) is 5.77. The fraction of sp³-hybridized carbons (Fsp3) is 0.375. The number of carbonyl (C=O) groups excluding carboxylic acids is 3. The fourth-order valence-corrected chi connectivity index (χ4v) is 5.93. The molecule has 4 aliphatic rings. The maximum absolute atomic E-state index is 13.8. The van der Waals surface area contributed by atoms with Crippen LogP contribution in [0.15, 0.2) is 30.3 Å². The first-order valence-electron chi connectivity index (χ1n) is 11.0. The molecule has 4 heterocycles. The lowest BCUT2D eigenvalue weighted by Crippen LogP contribution is -2.54. The van der Waals surface area contributed by atoms with Gasteiger partial charge >= 0.3 is 0 Å². The number of ether oxygens (including phenoxy) is 2. The minimum Gasteiger partial charge on any atom is -0.454 e. The maximum atomic E-state index is 13.8. The van der Waals surface area contributed by atoms with Gasteiger partial charge in [-0.3, -0.25) is 24.6 Å². The van der Waals surface area contributed by atoms with Crippen LogP contribution in [0.25, 0.3) is 0 Å². The van der Waals surface area contributed by atoms with Gasteiger partial charge in [0.1, 0.15) is 5.54 Å². The van der Waals surface area contributed by atoms with E-state index in [0.717, 1.165) is 0 Å². The van der Waals surface area contributed by atoms with Gasteiger partial charge < -0.3 is 19.9 Å². The van der Waals surface area contributed by atoms with E-state index in [1.807, 2.05) is 0 Å². The van der Waals surface area contributed by atoms with E-state index < -0.39 is 47.2 Å². The van der Waals surface area contributed by atoms with Crippen LogP contribution in [0.5, 0.6) is 11.5 Å². The number of halogens is 1. The van der Waals surface area contributed by atoms with Crippen molar-refractivity contribution >= 4 is 35.0 Å². The van der Waals surface area contributed by atoms with Gasteiger partial charge in [-0.15, -0.1) is 0 Å². The lowest BCUT2D eigenvalue weighted by atomic mass is 9.76. The van der Waals surface area contributed by atoms with Crippen LogP contribution in [-0.4, -0.2) is 46.7 Å². The molecule has 2 saturated heterocycles. The van der Waals surface area contributed by atoms with Gasteiger partial charge in [0, 0.05) is 16.6 Å². The van der Waals surface area contributed by atoms with Crippen LogP contribution >= 0.6 is 11.6 Å². The average molecular weight is 484 g/mol. The van der Waals surface area contributed by atoms with Crippen LogP contribution in [0.1, 0.15) is 23.6 Å². The van der Waals surface area contributed by atoms with Crippen molar-refractivity contribution in [3.8, 4) is 11.5 Å². The van der Waals surface area contributed by atoms with Gasteiger partial charge in [0.25, 0.3) is 0 Å². The maximum Gasteiger partial charge on any atom is 0.250 e. The second-order valence-electron chi connectivity index (χ2n) is 9.22. The van der Waals surface area contributed by atoms with E-state index in [1.165, 1.54) is 4.90 Å². The van der Waals surface area contributed by atoms with Crippen molar-refractivity contribution in [1.29, 1.82) is 0 Å². The van der Waals surface area contributed by atoms with Gasteiger partial charge in [-0.2, -0.15) is 0 Å². The van der Waals surface area contributed by atoms with Gasteiger partial charge in [0.2, 0.25) is 24.5 Å². The van der Waals surface area contributed by atoms with Crippen molar-refractivity contribution in [1.82, 2.24) is 10.2 Å². The van der Waals surface area contributed by atoms with Crippen molar-refractivity contribution < 1.29 is 29.0 Å². The Kier molecular flexibility index (Phi) is 4.52. The van der Waals surface area contributed by atoms with Crippen LogP contribution in [0.2, 0.25) is 5.02 Å². The Bertz CT molecular complexity index is 1280. The Balaban J connectivity index is 1.43. The number of nitrogens with one attached hydrogen (secondary N) is 2. The second-order valence-corrected chi connectivity index (χ2v) is 9.63. The zero-order valence-corrected chi connectivity index (χ0v) is 19.2. The van der Waals surface area contributed by atoms with Crippen LogP contribution in [0, 0.1) is 18.8 Å². The van der Waals surface area contributed by atoms with E-state index >= 15 is 0 Å². The first-order chi connectivity index (χ1) is 16.2. The summed E-state index contributed by atoms with van der Waals surface area (Å²) in [5.74, 6) is -2.06. The molecule has 4 aliphatic heterocycles. The van der Waals surface area contributed by atoms with Crippen LogP contribution in [-0.2, 0) is 26.5 Å². The molecule has 5 atom stereocenters. The normalized spacial score (nSPS) is 29.6. The lowest BCUT2D eigenvalue weighted by Gasteiger charge is -2.30. The molecule has 3 N–H and O–H groups in total. The summed E-state index contributed by atoms with van der Waals surface area (Å²) in [6, 6.07) is 7.84.